The lowest BCUT2D eigenvalue weighted by Gasteiger charge is -2.11. The lowest BCUT2D eigenvalue weighted by Crippen LogP contribution is -2.13. The number of benzene rings is 2. The van der Waals surface area contributed by atoms with Crippen molar-refractivity contribution in [3.63, 3.8) is 0 Å². The minimum atomic E-state index is -0.572. The Morgan fingerprint density at radius 1 is 1.12 bits per heavy atom. The number of nitriles is 1. The predicted octanol–water partition coefficient (Wildman–Crippen LogP) is 4.39. The van der Waals surface area contributed by atoms with Crippen LogP contribution in [0.1, 0.15) is 15.9 Å². The van der Waals surface area contributed by atoms with E-state index in [1.165, 1.54) is 17.1 Å². The van der Waals surface area contributed by atoms with Gasteiger partial charge in [-0.05, 0) is 29.0 Å². The van der Waals surface area contributed by atoms with E-state index in [2.05, 4.69) is 35.6 Å². The first-order chi connectivity index (χ1) is 16.7. The molecule has 34 heavy (non-hydrogen) atoms. The summed E-state index contributed by atoms with van der Waals surface area (Å²) in [4.78, 5) is 24.0. The Labute approximate surface area is 192 Å². The normalized spacial score (nSPS) is 11.0. The van der Waals surface area contributed by atoms with Crippen molar-refractivity contribution in [3.8, 4) is 17.6 Å². The number of pyridine rings is 1. The fourth-order valence-corrected chi connectivity index (χ4v) is 3.40. The summed E-state index contributed by atoms with van der Waals surface area (Å²) in [6.45, 7) is 0. The number of carbonyl (C=O) groups excluding carboxylic acids is 1. The van der Waals surface area contributed by atoms with Crippen LogP contribution in [0.2, 0.25) is 0 Å². The van der Waals surface area contributed by atoms with Gasteiger partial charge in [0.1, 0.15) is 17.3 Å². The Bertz CT molecular complexity index is 1570. The maximum Gasteiger partial charge on any atom is 0.262 e. The molecule has 0 spiro atoms. The number of phenols is 1. The highest BCUT2D eigenvalue weighted by molar-refractivity contribution is 6.15. The molecule has 3 aromatic heterocycles. The number of rotatable bonds is 5. The number of H-pyrrole nitrogens is 1. The van der Waals surface area contributed by atoms with Crippen LogP contribution in [0.4, 0.5) is 17.5 Å². The third kappa shape index (κ3) is 3.71. The number of imidazole rings is 1. The zero-order valence-corrected chi connectivity index (χ0v) is 17.4. The van der Waals surface area contributed by atoms with Crippen LogP contribution in [0.25, 0.3) is 16.6 Å². The zero-order chi connectivity index (χ0) is 23.5. The average molecular weight is 449 g/mol. The van der Waals surface area contributed by atoms with Gasteiger partial charge in [-0.2, -0.15) is 15.0 Å². The lowest BCUT2D eigenvalue weighted by molar-refractivity contribution is 0.102. The van der Waals surface area contributed by atoms with Crippen molar-refractivity contribution >= 4 is 34.1 Å². The molecule has 3 N–H and O–H groups in total. The van der Waals surface area contributed by atoms with Crippen LogP contribution in [0.5, 0.6) is 5.75 Å². The number of carbonyl (C=O) groups is 1. The fourth-order valence-electron chi connectivity index (χ4n) is 3.40. The third-order valence-corrected chi connectivity index (χ3v) is 4.94. The van der Waals surface area contributed by atoms with Crippen LogP contribution >= 0.6 is 0 Å². The van der Waals surface area contributed by atoms with Crippen molar-refractivity contribution in [3.05, 3.63) is 84.4 Å². The van der Waals surface area contributed by atoms with Crippen molar-refractivity contribution in [2.75, 3.05) is 5.32 Å². The van der Waals surface area contributed by atoms with Gasteiger partial charge < -0.3 is 10.1 Å². The Morgan fingerprint density at radius 2 is 1.97 bits per heavy atom. The summed E-state index contributed by atoms with van der Waals surface area (Å²) in [6.07, 6.45) is 6.00. The van der Waals surface area contributed by atoms with E-state index in [0.717, 1.165) is 0 Å². The first-order valence-electron chi connectivity index (χ1n) is 10.0. The van der Waals surface area contributed by atoms with Gasteiger partial charge in [0.15, 0.2) is 17.4 Å². The molecule has 2 aromatic carbocycles. The summed E-state index contributed by atoms with van der Waals surface area (Å²) in [5, 5.41) is 36.8. The number of aromatic nitrogens is 5. The topological polar surface area (TPSA) is 157 Å². The molecule has 0 atom stereocenters. The van der Waals surface area contributed by atoms with Crippen molar-refractivity contribution in [1.82, 2.24) is 24.7 Å². The van der Waals surface area contributed by atoms with E-state index in [1.54, 1.807) is 60.9 Å². The van der Waals surface area contributed by atoms with E-state index in [1.807, 2.05) is 6.07 Å². The van der Waals surface area contributed by atoms with Gasteiger partial charge in [-0.3, -0.25) is 10.1 Å². The molecule has 11 nitrogen and oxygen atoms in total. The molecular formula is C23H15N9O2. The number of nitrogens with zero attached hydrogens (tertiary/aromatic N) is 7. The maximum atomic E-state index is 13.0. The number of fused-ring (bicyclic) bond motifs is 1. The predicted molar refractivity (Wildman–Crippen MR) is 122 cm³/mol. The van der Waals surface area contributed by atoms with Gasteiger partial charge in [0.05, 0.1) is 11.8 Å². The molecule has 0 saturated heterocycles. The van der Waals surface area contributed by atoms with E-state index in [0.29, 0.717) is 16.6 Å². The van der Waals surface area contributed by atoms with Gasteiger partial charge >= 0.3 is 0 Å². The number of anilines is 1. The number of phenolic OH excluding ortho intramolecular Hbond substituents is 1. The Hall–Kier alpha value is -5.37. The minimum Gasteiger partial charge on any atom is -0.505 e. The lowest BCUT2D eigenvalue weighted by atomic mass is 10.0. The van der Waals surface area contributed by atoms with Crippen molar-refractivity contribution in [2.45, 2.75) is 0 Å². The van der Waals surface area contributed by atoms with E-state index < -0.39 is 5.91 Å². The molecule has 5 rings (SSSR count). The van der Waals surface area contributed by atoms with Gasteiger partial charge in [-0.25, -0.2) is 9.97 Å². The molecule has 0 unspecified atom stereocenters. The summed E-state index contributed by atoms with van der Waals surface area (Å²) >= 11 is 0. The number of hydrogen-bond acceptors (Lipinski definition) is 8. The van der Waals surface area contributed by atoms with Crippen LogP contribution in [-0.4, -0.2) is 35.7 Å². The van der Waals surface area contributed by atoms with Crippen LogP contribution in [-0.2, 0) is 0 Å². The largest absolute Gasteiger partial charge is 0.505 e. The molecule has 0 aliphatic rings. The molecule has 0 bridgehead atoms. The second-order valence-corrected chi connectivity index (χ2v) is 7.03. The first kappa shape index (κ1) is 20.5. The fraction of sp³-hybridized carbons (Fsp3) is 0. The Balaban J connectivity index is 1.61. The summed E-state index contributed by atoms with van der Waals surface area (Å²) in [5.41, 5.74) is 0.230. The standard InChI is InChI=1S/C23H15N9O2/c24-12-15-13-28-32(18-7-3-4-8-25-18)21(15)31-30-17-11-14-5-1-2-6-16(14)19(20(17)33)22(34)29-23-26-9-10-27-23/h1-11,13,33H,(H2,26,27,29,34). The van der Waals surface area contributed by atoms with Gasteiger partial charge in [-0.1, -0.05) is 30.3 Å². The number of azo groups is 1. The van der Waals surface area contributed by atoms with Gasteiger partial charge in [0, 0.05) is 18.6 Å². The van der Waals surface area contributed by atoms with Crippen molar-refractivity contribution < 1.29 is 9.90 Å². The van der Waals surface area contributed by atoms with Gasteiger partial charge in [0.25, 0.3) is 5.91 Å². The van der Waals surface area contributed by atoms with Gasteiger partial charge in [0.2, 0.25) is 5.95 Å². The highest BCUT2D eigenvalue weighted by atomic mass is 16.3. The summed E-state index contributed by atoms with van der Waals surface area (Å²) in [7, 11) is 0. The summed E-state index contributed by atoms with van der Waals surface area (Å²) in [6, 6.07) is 15.9. The van der Waals surface area contributed by atoms with E-state index >= 15 is 0 Å². The van der Waals surface area contributed by atoms with E-state index in [9.17, 15) is 15.2 Å². The number of amides is 1. The molecule has 5 aromatic rings. The molecule has 3 heterocycles. The van der Waals surface area contributed by atoms with E-state index in [4.69, 9.17) is 0 Å². The maximum absolute atomic E-state index is 13.0. The van der Waals surface area contributed by atoms with Crippen LogP contribution in [0, 0.1) is 11.3 Å². The number of nitrogens with one attached hydrogen (secondary N) is 2. The zero-order valence-electron chi connectivity index (χ0n) is 17.4. The van der Waals surface area contributed by atoms with Crippen LogP contribution in [0.15, 0.2) is 83.5 Å². The van der Waals surface area contributed by atoms with E-state index in [-0.39, 0.29) is 34.3 Å². The second kappa shape index (κ2) is 8.64. The summed E-state index contributed by atoms with van der Waals surface area (Å²) in [5.74, 6) is -0.126. The number of aromatic hydroxyl groups is 1. The monoisotopic (exact) mass is 449 g/mol. The highest BCUT2D eigenvalue weighted by Gasteiger charge is 2.21. The number of aromatic amines is 1. The third-order valence-electron chi connectivity index (χ3n) is 4.94. The van der Waals surface area contributed by atoms with Crippen molar-refractivity contribution in [2.24, 2.45) is 10.2 Å². The molecule has 0 radical (unpaired) electrons. The molecular weight excluding hydrogens is 434 g/mol. The Kier molecular flexibility index (Phi) is 5.21. The first-order valence-corrected chi connectivity index (χ1v) is 10.0. The molecule has 164 valence electrons. The molecule has 1 amide bonds. The molecule has 0 saturated carbocycles. The number of hydrogen-bond donors (Lipinski definition) is 3. The highest BCUT2D eigenvalue weighted by Crippen LogP contribution is 2.38. The minimum absolute atomic E-state index is 0.0159. The van der Waals surface area contributed by atoms with Crippen LogP contribution in [0.3, 0.4) is 0 Å². The van der Waals surface area contributed by atoms with Gasteiger partial charge in [-0.15, -0.1) is 10.2 Å². The average Bonchev–Trinajstić information content (AvgIpc) is 3.52. The molecule has 11 heteroatoms. The van der Waals surface area contributed by atoms with Crippen LogP contribution < -0.4 is 5.32 Å². The molecule has 0 aliphatic carbocycles. The Morgan fingerprint density at radius 3 is 2.74 bits per heavy atom. The quantitative estimate of drug-likeness (QED) is 0.338. The molecule has 0 fully saturated rings. The summed E-state index contributed by atoms with van der Waals surface area (Å²) < 4.78 is 1.37. The second-order valence-electron chi connectivity index (χ2n) is 7.03. The van der Waals surface area contributed by atoms with Crippen molar-refractivity contribution in [1.29, 1.82) is 5.26 Å². The smallest absolute Gasteiger partial charge is 0.262 e. The molecule has 0 aliphatic heterocycles. The SMILES string of the molecule is N#Cc1cnn(-c2ccccn2)c1N=Nc1cc2ccccc2c(C(=O)Nc2ncc[nH]2)c1O.